The van der Waals surface area contributed by atoms with E-state index in [1.807, 2.05) is 7.11 Å². The van der Waals surface area contributed by atoms with Gasteiger partial charge in [0.1, 0.15) is 0 Å². The smallest absolute Gasteiger partial charge is 0.0777 e. The SMILES string of the molecule is COC1(C)CCCN(Cc2ccccc2CCN)C1. The van der Waals surface area contributed by atoms with Crippen LogP contribution < -0.4 is 5.73 Å². The summed E-state index contributed by atoms with van der Waals surface area (Å²) < 4.78 is 5.66. The van der Waals surface area contributed by atoms with Gasteiger partial charge in [0.2, 0.25) is 0 Å². The van der Waals surface area contributed by atoms with Crippen molar-refractivity contribution < 1.29 is 4.74 Å². The predicted octanol–water partition coefficient (Wildman–Crippen LogP) is 2.19. The zero-order chi connectivity index (χ0) is 13.7. The minimum atomic E-state index is 0.0149. The molecule has 1 aliphatic rings. The van der Waals surface area contributed by atoms with Gasteiger partial charge in [-0.1, -0.05) is 24.3 Å². The average molecular weight is 262 g/mol. The van der Waals surface area contributed by atoms with Crippen molar-refractivity contribution in [3.63, 3.8) is 0 Å². The summed E-state index contributed by atoms with van der Waals surface area (Å²) in [6, 6.07) is 8.64. The molecule has 0 aliphatic carbocycles. The van der Waals surface area contributed by atoms with Gasteiger partial charge < -0.3 is 10.5 Å². The molecule has 1 saturated heterocycles. The zero-order valence-corrected chi connectivity index (χ0v) is 12.2. The number of piperidine rings is 1. The normalized spacial score (nSPS) is 24.6. The number of rotatable bonds is 5. The molecule has 2 rings (SSSR count). The number of hydrogen-bond donors (Lipinski definition) is 1. The molecule has 1 aromatic carbocycles. The van der Waals surface area contributed by atoms with Gasteiger partial charge in [-0.2, -0.15) is 0 Å². The van der Waals surface area contributed by atoms with Gasteiger partial charge in [-0.25, -0.2) is 0 Å². The topological polar surface area (TPSA) is 38.5 Å². The first-order chi connectivity index (χ1) is 9.17. The number of likely N-dealkylation sites (tertiary alicyclic amines) is 1. The van der Waals surface area contributed by atoms with Crippen LogP contribution in [0.4, 0.5) is 0 Å². The lowest BCUT2D eigenvalue weighted by molar-refractivity contribution is -0.0527. The average Bonchev–Trinajstić information content (AvgIpc) is 2.41. The standard InChI is InChI=1S/C16H26N2O/c1-16(19-2)9-5-11-18(13-16)12-15-7-4-3-6-14(15)8-10-17/h3-4,6-7H,5,8-13,17H2,1-2H3. The van der Waals surface area contributed by atoms with E-state index in [-0.39, 0.29) is 5.60 Å². The van der Waals surface area contributed by atoms with Gasteiger partial charge in [0.15, 0.2) is 0 Å². The summed E-state index contributed by atoms with van der Waals surface area (Å²) in [5.41, 5.74) is 8.50. The molecule has 0 saturated carbocycles. The van der Waals surface area contributed by atoms with Crippen LogP contribution in [0.1, 0.15) is 30.9 Å². The third-order valence-corrected chi connectivity index (χ3v) is 4.16. The minimum absolute atomic E-state index is 0.0149. The van der Waals surface area contributed by atoms with Gasteiger partial charge in [0.05, 0.1) is 5.60 Å². The first kappa shape index (κ1) is 14.5. The van der Waals surface area contributed by atoms with E-state index in [4.69, 9.17) is 10.5 Å². The fourth-order valence-corrected chi connectivity index (χ4v) is 2.96. The Morgan fingerprint density at radius 2 is 2.05 bits per heavy atom. The first-order valence-corrected chi connectivity index (χ1v) is 7.21. The monoisotopic (exact) mass is 262 g/mol. The molecule has 1 aliphatic heterocycles. The molecule has 1 heterocycles. The fourth-order valence-electron chi connectivity index (χ4n) is 2.96. The number of benzene rings is 1. The van der Waals surface area contributed by atoms with E-state index in [1.165, 1.54) is 17.5 Å². The lowest BCUT2D eigenvalue weighted by Crippen LogP contribution is -2.46. The largest absolute Gasteiger partial charge is 0.377 e. The molecular weight excluding hydrogens is 236 g/mol. The maximum Gasteiger partial charge on any atom is 0.0777 e. The van der Waals surface area contributed by atoms with Crippen LogP contribution in [0.2, 0.25) is 0 Å². The molecule has 1 atom stereocenters. The molecule has 19 heavy (non-hydrogen) atoms. The predicted molar refractivity (Wildman–Crippen MR) is 79.1 cm³/mol. The third kappa shape index (κ3) is 3.78. The number of methoxy groups -OCH3 is 1. The number of nitrogens with zero attached hydrogens (tertiary/aromatic N) is 1. The summed E-state index contributed by atoms with van der Waals surface area (Å²) >= 11 is 0. The van der Waals surface area contributed by atoms with E-state index in [2.05, 4.69) is 36.1 Å². The van der Waals surface area contributed by atoms with Crippen molar-refractivity contribution in [1.82, 2.24) is 4.90 Å². The summed E-state index contributed by atoms with van der Waals surface area (Å²) in [5.74, 6) is 0. The van der Waals surface area contributed by atoms with Crippen molar-refractivity contribution in [2.75, 3.05) is 26.7 Å². The molecule has 1 unspecified atom stereocenters. The van der Waals surface area contributed by atoms with Crippen LogP contribution in [0, 0.1) is 0 Å². The summed E-state index contributed by atoms with van der Waals surface area (Å²) in [5, 5.41) is 0. The van der Waals surface area contributed by atoms with Crippen molar-refractivity contribution in [1.29, 1.82) is 0 Å². The van der Waals surface area contributed by atoms with E-state index in [9.17, 15) is 0 Å². The van der Waals surface area contributed by atoms with E-state index >= 15 is 0 Å². The Bertz CT molecular complexity index is 407. The van der Waals surface area contributed by atoms with Crippen molar-refractivity contribution in [3.05, 3.63) is 35.4 Å². The second-order valence-electron chi connectivity index (χ2n) is 5.78. The fraction of sp³-hybridized carbons (Fsp3) is 0.625. The highest BCUT2D eigenvalue weighted by Gasteiger charge is 2.30. The Morgan fingerprint density at radius 1 is 1.32 bits per heavy atom. The first-order valence-electron chi connectivity index (χ1n) is 7.21. The van der Waals surface area contributed by atoms with Gasteiger partial charge in [-0.05, 0) is 50.4 Å². The Labute approximate surface area is 116 Å². The van der Waals surface area contributed by atoms with E-state index < -0.39 is 0 Å². The van der Waals surface area contributed by atoms with Gasteiger partial charge in [0, 0.05) is 20.2 Å². The molecule has 0 bridgehead atoms. The summed E-state index contributed by atoms with van der Waals surface area (Å²) in [4.78, 5) is 2.50. The van der Waals surface area contributed by atoms with Crippen LogP contribution in [0.5, 0.6) is 0 Å². The molecule has 1 aromatic rings. The zero-order valence-electron chi connectivity index (χ0n) is 12.2. The van der Waals surface area contributed by atoms with Gasteiger partial charge in [0.25, 0.3) is 0 Å². The lowest BCUT2D eigenvalue weighted by Gasteiger charge is -2.39. The molecule has 3 nitrogen and oxygen atoms in total. The Hall–Kier alpha value is -0.900. The van der Waals surface area contributed by atoms with Crippen LogP contribution in [0.25, 0.3) is 0 Å². The van der Waals surface area contributed by atoms with E-state index in [0.717, 1.165) is 32.5 Å². The maximum absolute atomic E-state index is 5.69. The molecule has 2 N–H and O–H groups in total. The maximum atomic E-state index is 5.69. The van der Waals surface area contributed by atoms with Crippen LogP contribution in [0.3, 0.4) is 0 Å². The van der Waals surface area contributed by atoms with Crippen LogP contribution in [-0.2, 0) is 17.7 Å². The Kier molecular flexibility index (Phi) is 4.97. The van der Waals surface area contributed by atoms with E-state index in [1.54, 1.807) is 0 Å². The van der Waals surface area contributed by atoms with Crippen LogP contribution in [0.15, 0.2) is 24.3 Å². The third-order valence-electron chi connectivity index (χ3n) is 4.16. The minimum Gasteiger partial charge on any atom is -0.377 e. The van der Waals surface area contributed by atoms with Gasteiger partial charge >= 0.3 is 0 Å². The molecule has 1 fully saturated rings. The molecule has 0 spiro atoms. The molecule has 0 radical (unpaired) electrons. The quantitative estimate of drug-likeness (QED) is 0.884. The van der Waals surface area contributed by atoms with Crippen molar-refractivity contribution in [2.24, 2.45) is 5.73 Å². The number of hydrogen-bond acceptors (Lipinski definition) is 3. The highest BCUT2D eigenvalue weighted by molar-refractivity contribution is 5.27. The summed E-state index contributed by atoms with van der Waals surface area (Å²) in [6.07, 6.45) is 3.33. The molecular formula is C16H26N2O. The molecule has 106 valence electrons. The van der Waals surface area contributed by atoms with Gasteiger partial charge in [-0.15, -0.1) is 0 Å². The Morgan fingerprint density at radius 3 is 2.74 bits per heavy atom. The highest BCUT2D eigenvalue weighted by Crippen LogP contribution is 2.25. The van der Waals surface area contributed by atoms with Crippen molar-refractivity contribution in [3.8, 4) is 0 Å². The van der Waals surface area contributed by atoms with Crippen molar-refractivity contribution >= 4 is 0 Å². The molecule has 0 aromatic heterocycles. The van der Waals surface area contributed by atoms with Gasteiger partial charge in [-0.3, -0.25) is 4.90 Å². The van der Waals surface area contributed by atoms with Crippen LogP contribution >= 0.6 is 0 Å². The van der Waals surface area contributed by atoms with Crippen molar-refractivity contribution in [2.45, 2.75) is 38.3 Å². The van der Waals surface area contributed by atoms with E-state index in [0.29, 0.717) is 6.54 Å². The lowest BCUT2D eigenvalue weighted by atomic mass is 9.94. The van der Waals surface area contributed by atoms with Crippen LogP contribution in [-0.4, -0.2) is 37.2 Å². The number of nitrogens with two attached hydrogens (primary N) is 1. The molecule has 0 amide bonds. The Balaban J connectivity index is 2.04. The summed E-state index contributed by atoms with van der Waals surface area (Å²) in [7, 11) is 1.83. The number of ether oxygens (including phenoxy) is 1. The second-order valence-corrected chi connectivity index (χ2v) is 5.78. The summed E-state index contributed by atoms with van der Waals surface area (Å²) in [6.45, 7) is 6.11. The second kappa shape index (κ2) is 6.51. The highest BCUT2D eigenvalue weighted by atomic mass is 16.5. The molecule has 3 heteroatoms.